The van der Waals surface area contributed by atoms with E-state index in [0.29, 0.717) is 24.2 Å². The first-order valence-corrected chi connectivity index (χ1v) is 15.3. The molecule has 0 bridgehead atoms. The molecule has 0 saturated carbocycles. The third kappa shape index (κ3) is 12.7. The van der Waals surface area contributed by atoms with E-state index in [-0.39, 0.29) is 29.5 Å². The third-order valence-corrected chi connectivity index (χ3v) is 7.48. The maximum Gasteiger partial charge on any atom is 0.300 e. The van der Waals surface area contributed by atoms with Crippen LogP contribution in [0.3, 0.4) is 0 Å². The van der Waals surface area contributed by atoms with Gasteiger partial charge >= 0.3 is 5.69 Å². The van der Waals surface area contributed by atoms with Gasteiger partial charge in [-0.15, -0.1) is 0 Å². The molecule has 3 atom stereocenters. The summed E-state index contributed by atoms with van der Waals surface area (Å²) in [6.07, 6.45) is 18.2. The second-order valence-electron chi connectivity index (χ2n) is 10.9. The Morgan fingerprint density at radius 1 is 1.00 bits per heavy atom. The number of unbranched alkanes of at least 4 members (excludes halogenated alkanes) is 11. The SMILES string of the molecule is CCCCCCCCCCCCC(/C=C/C(O)C(N)CO)C(=O)CCCCCNc1ccc([N+](=O)[O-])c2nonc12. The number of nitrogens with two attached hydrogens (primary N) is 1. The summed E-state index contributed by atoms with van der Waals surface area (Å²) in [4.78, 5) is 23.7. The minimum atomic E-state index is -0.986. The number of aliphatic hydroxyl groups is 2. The summed E-state index contributed by atoms with van der Waals surface area (Å²) in [5.41, 5.74) is 6.60. The van der Waals surface area contributed by atoms with Crippen LogP contribution in [-0.2, 0) is 4.79 Å². The molecule has 2 rings (SSSR count). The zero-order chi connectivity index (χ0) is 29.9. The van der Waals surface area contributed by atoms with Gasteiger partial charge < -0.3 is 21.3 Å². The highest BCUT2D eigenvalue weighted by Crippen LogP contribution is 2.28. The van der Waals surface area contributed by atoms with E-state index in [1.54, 1.807) is 18.2 Å². The highest BCUT2D eigenvalue weighted by atomic mass is 16.6. The fourth-order valence-corrected chi connectivity index (χ4v) is 4.87. The van der Waals surface area contributed by atoms with Gasteiger partial charge in [0, 0.05) is 24.9 Å². The predicted octanol–water partition coefficient (Wildman–Crippen LogP) is 5.84. The molecule has 1 heterocycles. The smallest absolute Gasteiger partial charge is 0.300 e. The van der Waals surface area contributed by atoms with Crippen molar-refractivity contribution in [3.63, 3.8) is 0 Å². The van der Waals surface area contributed by atoms with Gasteiger partial charge in [-0.3, -0.25) is 14.9 Å². The summed E-state index contributed by atoms with van der Waals surface area (Å²) < 4.78 is 4.69. The average molecular weight is 576 g/mol. The molecule has 41 heavy (non-hydrogen) atoms. The number of aromatic nitrogens is 2. The Kier molecular flexibility index (Phi) is 16.8. The third-order valence-electron chi connectivity index (χ3n) is 7.48. The number of hydrogen-bond acceptors (Lipinski definition) is 10. The molecule has 1 aromatic heterocycles. The number of non-ortho nitro benzene ring substituents is 1. The molecular weight excluding hydrogens is 526 g/mol. The summed E-state index contributed by atoms with van der Waals surface area (Å²) in [5, 5.41) is 41.1. The number of Topliss-reactive ketones (excluding diaryl/α,β-unsaturated/α-hetero) is 1. The maximum atomic E-state index is 13.0. The fourth-order valence-electron chi connectivity index (χ4n) is 4.87. The van der Waals surface area contributed by atoms with Crippen molar-refractivity contribution in [2.24, 2.45) is 11.7 Å². The predicted molar refractivity (Wildman–Crippen MR) is 161 cm³/mol. The van der Waals surface area contributed by atoms with Gasteiger partial charge in [-0.05, 0) is 35.6 Å². The molecule has 0 saturated heterocycles. The van der Waals surface area contributed by atoms with Crippen LogP contribution >= 0.6 is 0 Å². The van der Waals surface area contributed by atoms with E-state index in [9.17, 15) is 25.1 Å². The molecule has 0 amide bonds. The molecule has 0 radical (unpaired) electrons. The van der Waals surface area contributed by atoms with Crippen molar-refractivity contribution < 1.29 is 24.6 Å². The minimum absolute atomic E-state index is 0.108. The number of nitro groups is 1. The molecule has 2 aromatic rings. The molecule has 5 N–H and O–H groups in total. The molecule has 1 aromatic carbocycles. The van der Waals surface area contributed by atoms with Crippen molar-refractivity contribution in [3.05, 3.63) is 34.4 Å². The van der Waals surface area contributed by atoms with Crippen molar-refractivity contribution in [2.75, 3.05) is 18.5 Å². The zero-order valence-corrected chi connectivity index (χ0v) is 24.5. The number of allylic oxidation sites excluding steroid dienone is 1. The molecule has 0 aliphatic rings. The van der Waals surface area contributed by atoms with Gasteiger partial charge in [-0.25, -0.2) is 4.63 Å². The molecule has 0 aliphatic heterocycles. The molecule has 0 fully saturated rings. The van der Waals surface area contributed by atoms with Crippen LogP contribution < -0.4 is 11.1 Å². The summed E-state index contributed by atoms with van der Waals surface area (Å²) in [6, 6.07) is 2.20. The Morgan fingerprint density at radius 2 is 1.63 bits per heavy atom. The Balaban J connectivity index is 1.74. The van der Waals surface area contributed by atoms with Crippen LogP contribution in [0.2, 0.25) is 0 Å². The number of carbonyl (C=O) groups excluding carboxylic acids is 1. The van der Waals surface area contributed by atoms with Crippen molar-refractivity contribution in [3.8, 4) is 0 Å². The molecular formula is C30H49N5O6. The standard InChI is InChI=1S/C30H49N5O6/c1-2-3-4-5-6-7-8-9-10-12-15-23(17-20-28(38)24(31)22-36)27(37)16-13-11-14-21-32-25-18-19-26(35(39)40)30-29(25)33-41-34-30/h17-20,23-24,28,32,36,38H,2-16,21-22,31H2,1H3/b20-17+. The van der Waals surface area contributed by atoms with E-state index >= 15 is 0 Å². The minimum Gasteiger partial charge on any atom is -0.395 e. The van der Waals surface area contributed by atoms with Crippen LogP contribution in [0, 0.1) is 16.0 Å². The van der Waals surface area contributed by atoms with E-state index in [1.807, 2.05) is 0 Å². The topological polar surface area (TPSA) is 178 Å². The molecule has 0 spiro atoms. The number of nitro benzene ring substituents is 1. The van der Waals surface area contributed by atoms with E-state index in [4.69, 9.17) is 10.4 Å². The number of nitrogens with zero attached hydrogens (tertiary/aromatic N) is 3. The lowest BCUT2D eigenvalue weighted by molar-refractivity contribution is -0.383. The number of anilines is 1. The van der Waals surface area contributed by atoms with Crippen LogP contribution in [0.25, 0.3) is 11.0 Å². The first-order chi connectivity index (χ1) is 19.9. The van der Waals surface area contributed by atoms with E-state index in [0.717, 1.165) is 38.5 Å². The number of benzene rings is 1. The molecule has 0 aliphatic carbocycles. The number of hydrogen-bond donors (Lipinski definition) is 4. The molecule has 11 nitrogen and oxygen atoms in total. The molecule has 230 valence electrons. The first-order valence-electron chi connectivity index (χ1n) is 15.3. The van der Waals surface area contributed by atoms with Crippen LogP contribution in [0.4, 0.5) is 11.4 Å². The van der Waals surface area contributed by atoms with Crippen molar-refractivity contribution in [1.82, 2.24) is 10.3 Å². The number of rotatable bonds is 24. The Labute approximate surface area is 243 Å². The average Bonchev–Trinajstić information content (AvgIpc) is 3.46. The number of nitrogens with one attached hydrogen (secondary N) is 1. The van der Waals surface area contributed by atoms with Gasteiger partial charge in [0.25, 0.3) is 0 Å². The van der Waals surface area contributed by atoms with E-state index < -0.39 is 17.1 Å². The van der Waals surface area contributed by atoms with Crippen molar-refractivity contribution >= 4 is 28.2 Å². The Hall–Kier alpha value is -2.89. The summed E-state index contributed by atoms with van der Waals surface area (Å²) >= 11 is 0. The lowest BCUT2D eigenvalue weighted by Crippen LogP contribution is -2.36. The van der Waals surface area contributed by atoms with Gasteiger partial charge in [0.2, 0.25) is 5.52 Å². The van der Waals surface area contributed by atoms with E-state index in [2.05, 4.69) is 22.6 Å². The van der Waals surface area contributed by atoms with Gasteiger partial charge in [0.15, 0.2) is 5.52 Å². The molecule has 11 heteroatoms. The van der Waals surface area contributed by atoms with Crippen LogP contribution in [-0.4, -0.2) is 56.5 Å². The number of carbonyl (C=O) groups is 1. The largest absolute Gasteiger partial charge is 0.395 e. The van der Waals surface area contributed by atoms with Crippen LogP contribution in [0.5, 0.6) is 0 Å². The number of fused-ring (bicyclic) bond motifs is 1. The summed E-state index contributed by atoms with van der Waals surface area (Å²) in [7, 11) is 0. The normalized spacial score (nSPS) is 14.0. The second kappa shape index (κ2) is 20.1. The lowest BCUT2D eigenvalue weighted by atomic mass is 9.92. The second-order valence-corrected chi connectivity index (χ2v) is 10.9. The number of ketones is 1. The summed E-state index contributed by atoms with van der Waals surface area (Å²) in [5.74, 6) is -0.114. The maximum absolute atomic E-state index is 13.0. The van der Waals surface area contributed by atoms with Crippen molar-refractivity contribution in [2.45, 2.75) is 115 Å². The first kappa shape index (κ1) is 34.3. The van der Waals surface area contributed by atoms with Crippen molar-refractivity contribution in [1.29, 1.82) is 0 Å². The number of aliphatic hydroxyl groups excluding tert-OH is 2. The summed E-state index contributed by atoms with van der Waals surface area (Å²) in [6.45, 7) is 2.52. The van der Waals surface area contributed by atoms with Gasteiger partial charge in [-0.1, -0.05) is 89.7 Å². The zero-order valence-electron chi connectivity index (χ0n) is 24.5. The fraction of sp³-hybridized carbons (Fsp3) is 0.700. The quantitative estimate of drug-likeness (QED) is 0.0514. The molecule has 3 unspecified atom stereocenters. The van der Waals surface area contributed by atoms with E-state index in [1.165, 1.54) is 57.4 Å². The Morgan fingerprint density at radius 3 is 2.29 bits per heavy atom. The van der Waals surface area contributed by atoms with Crippen LogP contribution in [0.15, 0.2) is 28.9 Å². The van der Waals surface area contributed by atoms with Gasteiger partial charge in [-0.2, -0.15) is 0 Å². The highest BCUT2D eigenvalue weighted by Gasteiger charge is 2.20. The monoisotopic (exact) mass is 575 g/mol. The highest BCUT2D eigenvalue weighted by molar-refractivity contribution is 5.93. The van der Waals surface area contributed by atoms with Gasteiger partial charge in [0.1, 0.15) is 5.78 Å². The van der Waals surface area contributed by atoms with Crippen LogP contribution in [0.1, 0.15) is 103 Å². The lowest BCUT2D eigenvalue weighted by Gasteiger charge is -2.15. The van der Waals surface area contributed by atoms with Gasteiger partial charge in [0.05, 0.1) is 29.4 Å². The Bertz CT molecular complexity index is 1060.